The number of hydrogen-bond acceptors (Lipinski definition) is 4. The third kappa shape index (κ3) is 3.94. The molecule has 0 N–H and O–H groups in total. The van der Waals surface area contributed by atoms with Gasteiger partial charge in [0.2, 0.25) is 5.91 Å². The maximum absolute atomic E-state index is 12.5. The van der Waals surface area contributed by atoms with Gasteiger partial charge in [0.1, 0.15) is 11.6 Å². The van der Waals surface area contributed by atoms with Gasteiger partial charge in [0.25, 0.3) is 0 Å². The van der Waals surface area contributed by atoms with Crippen LogP contribution in [0.1, 0.15) is 50.2 Å². The van der Waals surface area contributed by atoms with E-state index in [1.54, 1.807) is 0 Å². The maximum atomic E-state index is 12.5. The molecule has 0 bridgehead atoms. The summed E-state index contributed by atoms with van der Waals surface area (Å²) in [7, 11) is 0. The Kier molecular flexibility index (Phi) is 5.15. The number of fused-ring (bicyclic) bond motifs is 1. The fraction of sp³-hybridized carbons (Fsp3) is 0.737. The molecule has 3 heterocycles. The minimum absolute atomic E-state index is 0.326. The predicted octanol–water partition coefficient (Wildman–Crippen LogP) is 2.00. The van der Waals surface area contributed by atoms with Gasteiger partial charge in [0.05, 0.1) is 6.54 Å². The van der Waals surface area contributed by atoms with Gasteiger partial charge in [-0.15, -0.1) is 10.2 Å². The first-order chi connectivity index (χ1) is 12.3. The van der Waals surface area contributed by atoms with Gasteiger partial charge in [-0.1, -0.05) is 18.6 Å². The second-order valence-electron chi connectivity index (χ2n) is 7.62. The van der Waals surface area contributed by atoms with Crippen molar-refractivity contribution in [2.75, 3.05) is 26.2 Å². The van der Waals surface area contributed by atoms with Gasteiger partial charge < -0.3 is 9.47 Å². The molecule has 0 saturated carbocycles. The predicted molar refractivity (Wildman–Crippen MR) is 95.9 cm³/mol. The van der Waals surface area contributed by atoms with Crippen LogP contribution in [-0.4, -0.2) is 56.7 Å². The van der Waals surface area contributed by atoms with Crippen LogP contribution in [0.5, 0.6) is 0 Å². The molecule has 0 aromatic carbocycles. The molecular formula is C19H29N5O. The molecule has 0 radical (unpaired) electrons. The Labute approximate surface area is 149 Å². The monoisotopic (exact) mass is 343 g/mol. The van der Waals surface area contributed by atoms with Crippen LogP contribution in [0.25, 0.3) is 0 Å². The normalized spacial score (nSPS) is 24.3. The van der Waals surface area contributed by atoms with Crippen molar-refractivity contribution in [3.05, 3.63) is 23.8 Å². The number of piperazine rings is 1. The zero-order valence-electron chi connectivity index (χ0n) is 15.1. The number of amides is 1. The number of aromatic nitrogens is 3. The van der Waals surface area contributed by atoms with Crippen LogP contribution in [0.4, 0.5) is 0 Å². The molecule has 1 saturated heterocycles. The van der Waals surface area contributed by atoms with Crippen molar-refractivity contribution < 1.29 is 4.79 Å². The Morgan fingerprint density at radius 1 is 1.08 bits per heavy atom. The smallest absolute Gasteiger partial charge is 0.223 e. The number of allylic oxidation sites excluding steroid dienone is 2. The zero-order valence-corrected chi connectivity index (χ0v) is 15.1. The quantitative estimate of drug-likeness (QED) is 0.785. The van der Waals surface area contributed by atoms with Gasteiger partial charge in [-0.25, -0.2) is 0 Å². The van der Waals surface area contributed by atoms with Crippen LogP contribution in [0, 0.1) is 5.92 Å². The molecule has 1 aromatic rings. The highest BCUT2D eigenvalue weighted by Gasteiger charge is 2.25. The molecule has 0 spiro atoms. The van der Waals surface area contributed by atoms with Gasteiger partial charge >= 0.3 is 0 Å². The van der Waals surface area contributed by atoms with Gasteiger partial charge in [-0.2, -0.15) is 0 Å². The summed E-state index contributed by atoms with van der Waals surface area (Å²) in [5, 5.41) is 8.84. The van der Waals surface area contributed by atoms with Crippen molar-refractivity contribution in [1.82, 2.24) is 24.6 Å². The van der Waals surface area contributed by atoms with Gasteiger partial charge in [-0.05, 0) is 31.6 Å². The number of carbonyl (C=O) groups excluding carboxylic acids is 1. The third-order valence-electron chi connectivity index (χ3n) is 5.83. The van der Waals surface area contributed by atoms with Gasteiger partial charge in [-0.3, -0.25) is 9.69 Å². The van der Waals surface area contributed by atoms with Crippen LogP contribution in [0.2, 0.25) is 0 Å². The summed E-state index contributed by atoms with van der Waals surface area (Å²) >= 11 is 0. The topological polar surface area (TPSA) is 54.3 Å². The van der Waals surface area contributed by atoms with Gasteiger partial charge in [0, 0.05) is 45.6 Å². The lowest BCUT2D eigenvalue weighted by Gasteiger charge is -2.35. The van der Waals surface area contributed by atoms with Crippen LogP contribution in [0.3, 0.4) is 0 Å². The molecule has 0 unspecified atom stereocenters. The summed E-state index contributed by atoms with van der Waals surface area (Å²) in [6.45, 7) is 5.49. The average Bonchev–Trinajstić information content (AvgIpc) is 3.20. The van der Waals surface area contributed by atoms with E-state index in [-0.39, 0.29) is 0 Å². The zero-order chi connectivity index (χ0) is 17.1. The van der Waals surface area contributed by atoms with Crippen molar-refractivity contribution in [3.8, 4) is 0 Å². The van der Waals surface area contributed by atoms with E-state index in [0.717, 1.165) is 70.2 Å². The molecule has 1 amide bonds. The van der Waals surface area contributed by atoms with E-state index in [0.29, 0.717) is 18.2 Å². The van der Waals surface area contributed by atoms with Crippen LogP contribution in [-0.2, 0) is 24.3 Å². The molecule has 1 fully saturated rings. The van der Waals surface area contributed by atoms with E-state index < -0.39 is 0 Å². The minimum atomic E-state index is 0.326. The number of nitrogens with zero attached hydrogens (tertiary/aromatic N) is 5. The summed E-state index contributed by atoms with van der Waals surface area (Å²) in [6.07, 6.45) is 12.2. The van der Waals surface area contributed by atoms with Crippen molar-refractivity contribution in [1.29, 1.82) is 0 Å². The lowest BCUT2D eigenvalue weighted by molar-refractivity contribution is -0.133. The van der Waals surface area contributed by atoms with E-state index in [1.165, 1.54) is 19.3 Å². The van der Waals surface area contributed by atoms with E-state index in [1.807, 2.05) is 4.90 Å². The highest BCUT2D eigenvalue weighted by atomic mass is 16.2. The first kappa shape index (κ1) is 16.8. The van der Waals surface area contributed by atoms with E-state index in [4.69, 9.17) is 0 Å². The van der Waals surface area contributed by atoms with Crippen LogP contribution in [0.15, 0.2) is 12.2 Å². The largest absolute Gasteiger partial charge is 0.340 e. The Bertz CT molecular complexity index is 630. The molecular weight excluding hydrogens is 314 g/mol. The Balaban J connectivity index is 1.28. The minimum Gasteiger partial charge on any atom is -0.340 e. The molecule has 6 heteroatoms. The highest BCUT2D eigenvalue weighted by Crippen LogP contribution is 2.22. The summed E-state index contributed by atoms with van der Waals surface area (Å²) in [5.41, 5.74) is 0. The van der Waals surface area contributed by atoms with E-state index in [2.05, 4.69) is 31.8 Å². The third-order valence-corrected chi connectivity index (χ3v) is 5.83. The molecule has 4 rings (SSSR count). The van der Waals surface area contributed by atoms with Crippen molar-refractivity contribution in [2.45, 2.75) is 58.0 Å². The number of carbonyl (C=O) groups is 1. The lowest BCUT2D eigenvalue weighted by Crippen LogP contribution is -2.48. The molecule has 2 aliphatic heterocycles. The van der Waals surface area contributed by atoms with Crippen molar-refractivity contribution in [3.63, 3.8) is 0 Å². The SMILES string of the molecule is O=C(C[C@H]1C=CCC1)N1CCN(Cc2nnc3n2CCCCC3)CC1. The summed E-state index contributed by atoms with van der Waals surface area (Å²) in [6, 6.07) is 0. The van der Waals surface area contributed by atoms with Gasteiger partial charge in [0.15, 0.2) is 0 Å². The van der Waals surface area contributed by atoms with E-state index in [9.17, 15) is 4.79 Å². The highest BCUT2D eigenvalue weighted by molar-refractivity contribution is 5.76. The molecule has 1 atom stereocenters. The first-order valence-corrected chi connectivity index (χ1v) is 9.87. The standard InChI is InChI=1S/C19H29N5O/c25-19(14-16-6-3-4-7-16)23-12-10-22(11-13-23)15-18-21-20-17-8-2-1-5-9-24(17)18/h3,6,16H,1-2,4-5,7-15H2/t16-/m0/s1. The lowest BCUT2D eigenvalue weighted by atomic mass is 10.0. The van der Waals surface area contributed by atoms with E-state index >= 15 is 0 Å². The molecule has 1 aromatic heterocycles. The average molecular weight is 343 g/mol. The summed E-state index contributed by atoms with van der Waals surface area (Å²) < 4.78 is 2.33. The number of rotatable bonds is 4. The molecule has 6 nitrogen and oxygen atoms in total. The number of aryl methyl sites for hydroxylation is 1. The van der Waals surface area contributed by atoms with Crippen molar-refractivity contribution >= 4 is 5.91 Å². The summed E-state index contributed by atoms with van der Waals surface area (Å²) in [4.78, 5) is 16.9. The second kappa shape index (κ2) is 7.68. The molecule has 136 valence electrons. The Hall–Kier alpha value is -1.69. The molecule has 3 aliphatic rings. The van der Waals surface area contributed by atoms with Crippen LogP contribution >= 0.6 is 0 Å². The number of hydrogen-bond donors (Lipinski definition) is 0. The fourth-order valence-corrected chi connectivity index (χ4v) is 4.24. The second-order valence-corrected chi connectivity index (χ2v) is 7.62. The Morgan fingerprint density at radius 3 is 2.76 bits per heavy atom. The summed E-state index contributed by atoms with van der Waals surface area (Å²) in [5.74, 6) is 3.06. The maximum Gasteiger partial charge on any atom is 0.223 e. The Morgan fingerprint density at radius 2 is 1.96 bits per heavy atom. The first-order valence-electron chi connectivity index (χ1n) is 9.87. The molecule has 25 heavy (non-hydrogen) atoms. The van der Waals surface area contributed by atoms with Crippen molar-refractivity contribution in [2.24, 2.45) is 5.92 Å². The molecule has 1 aliphatic carbocycles. The van der Waals surface area contributed by atoms with Crippen LogP contribution < -0.4 is 0 Å². The fourth-order valence-electron chi connectivity index (χ4n) is 4.24.